The summed E-state index contributed by atoms with van der Waals surface area (Å²) in [7, 11) is -3.19. The van der Waals surface area contributed by atoms with Crippen molar-refractivity contribution < 1.29 is 18.1 Å². The van der Waals surface area contributed by atoms with Crippen LogP contribution < -0.4 is 5.32 Å². The van der Waals surface area contributed by atoms with E-state index in [4.69, 9.17) is 0 Å². The van der Waals surface area contributed by atoms with E-state index in [1.807, 2.05) is 0 Å². The Morgan fingerprint density at radius 3 is 2.52 bits per heavy atom. The average Bonchev–Trinajstić information content (AvgIpc) is 3.41. The Hall–Kier alpha value is -2.79. The van der Waals surface area contributed by atoms with Crippen LogP contribution in [0.1, 0.15) is 23.2 Å². The molecule has 0 spiro atoms. The Labute approximate surface area is 167 Å². The van der Waals surface area contributed by atoms with E-state index in [9.17, 15) is 23.3 Å². The molecule has 0 radical (unpaired) electrons. The number of carbonyl (C=O) groups is 1. The van der Waals surface area contributed by atoms with Gasteiger partial charge in [-0.2, -0.15) is 5.10 Å². The molecule has 1 N–H and O–H groups in total. The number of hydrogen-bond donors (Lipinski definition) is 1. The number of nitro benzene ring substituents is 1. The number of hydrogen-bond acceptors (Lipinski definition) is 7. The molecule has 0 saturated carbocycles. The fourth-order valence-electron chi connectivity index (χ4n) is 3.96. The second kappa shape index (κ2) is 7.56. The lowest BCUT2D eigenvalue weighted by molar-refractivity contribution is -0.384. The summed E-state index contributed by atoms with van der Waals surface area (Å²) in [4.78, 5) is 25.1. The van der Waals surface area contributed by atoms with Gasteiger partial charge in [-0.25, -0.2) is 13.1 Å². The second-order valence-corrected chi connectivity index (χ2v) is 9.57. The lowest BCUT2D eigenvalue weighted by Gasteiger charge is -2.28. The number of nitrogens with zero attached hydrogens (tertiary/aromatic N) is 4. The van der Waals surface area contributed by atoms with Gasteiger partial charge in [0.15, 0.2) is 9.84 Å². The molecule has 2 atom stereocenters. The Kier molecular flexibility index (Phi) is 5.09. The minimum Gasteiger partial charge on any atom is -0.347 e. The molecule has 0 aliphatic carbocycles. The normalized spacial score (nSPS) is 23.9. The molecular formula is C18H21N5O5S. The maximum atomic E-state index is 12.7. The molecule has 1 amide bonds. The third-order valence-corrected chi connectivity index (χ3v) is 7.14. The van der Waals surface area contributed by atoms with Crippen LogP contribution in [0.3, 0.4) is 0 Å². The minimum absolute atomic E-state index is 0.0331. The molecule has 10 nitrogen and oxygen atoms in total. The summed E-state index contributed by atoms with van der Waals surface area (Å²) in [6.07, 6.45) is 4.99. The van der Waals surface area contributed by atoms with Gasteiger partial charge in [0.2, 0.25) is 0 Å². The van der Waals surface area contributed by atoms with Crippen LogP contribution in [0.2, 0.25) is 0 Å². The van der Waals surface area contributed by atoms with Gasteiger partial charge in [0, 0.05) is 24.4 Å². The van der Waals surface area contributed by atoms with Crippen LogP contribution in [0, 0.1) is 10.1 Å². The van der Waals surface area contributed by atoms with E-state index in [-0.39, 0.29) is 29.1 Å². The van der Waals surface area contributed by atoms with Gasteiger partial charge in [-0.15, -0.1) is 0 Å². The summed E-state index contributed by atoms with van der Waals surface area (Å²) in [5, 5.41) is 17.8. The number of carbonyl (C=O) groups excluding carboxylic acids is 1. The summed E-state index contributed by atoms with van der Waals surface area (Å²) in [5.74, 6) is -0.374. The number of amides is 1. The van der Waals surface area contributed by atoms with Crippen LogP contribution in [-0.2, 0) is 9.84 Å². The van der Waals surface area contributed by atoms with Gasteiger partial charge in [0.05, 0.1) is 39.9 Å². The van der Waals surface area contributed by atoms with Crippen molar-refractivity contribution in [1.82, 2.24) is 20.0 Å². The van der Waals surface area contributed by atoms with E-state index in [0.29, 0.717) is 11.3 Å². The summed E-state index contributed by atoms with van der Waals surface area (Å²) < 4.78 is 25.7. The number of aromatic nitrogens is 2. The molecule has 0 bridgehead atoms. The van der Waals surface area contributed by atoms with Crippen molar-refractivity contribution in [2.75, 3.05) is 24.6 Å². The van der Waals surface area contributed by atoms with Crippen molar-refractivity contribution in [1.29, 1.82) is 0 Å². The summed E-state index contributed by atoms with van der Waals surface area (Å²) in [5.41, 5.74) is 0.843. The van der Waals surface area contributed by atoms with Crippen molar-refractivity contribution in [2.45, 2.75) is 24.9 Å². The predicted octanol–water partition coefficient (Wildman–Crippen LogP) is 0.772. The average molecular weight is 419 g/mol. The van der Waals surface area contributed by atoms with E-state index in [2.05, 4.69) is 15.3 Å². The molecule has 2 aliphatic rings. The maximum absolute atomic E-state index is 12.7. The molecule has 1 aromatic heterocycles. The topological polar surface area (TPSA) is 127 Å². The molecule has 1 aromatic carbocycles. The number of benzene rings is 1. The quantitative estimate of drug-likeness (QED) is 0.560. The zero-order valence-corrected chi connectivity index (χ0v) is 16.4. The third-order valence-electron chi connectivity index (χ3n) is 5.42. The Balaban J connectivity index is 1.48. The molecule has 2 unspecified atom stereocenters. The second-order valence-electron chi connectivity index (χ2n) is 7.41. The van der Waals surface area contributed by atoms with Crippen LogP contribution in [0.4, 0.5) is 5.69 Å². The molecule has 3 heterocycles. The third kappa shape index (κ3) is 4.15. The van der Waals surface area contributed by atoms with Crippen LogP contribution in [-0.4, -0.2) is 70.6 Å². The fourth-order valence-corrected chi connectivity index (χ4v) is 5.91. The Morgan fingerprint density at radius 1 is 1.17 bits per heavy atom. The molecule has 4 rings (SSSR count). The first-order valence-corrected chi connectivity index (χ1v) is 11.2. The van der Waals surface area contributed by atoms with Crippen molar-refractivity contribution >= 4 is 21.4 Å². The lowest BCUT2D eigenvalue weighted by atomic mass is 10.1. The van der Waals surface area contributed by atoms with Gasteiger partial charge in [-0.05, 0) is 38.1 Å². The molecule has 2 aliphatic heterocycles. The number of non-ortho nitro benzene ring substituents is 1. The van der Waals surface area contributed by atoms with Gasteiger partial charge in [-0.1, -0.05) is 0 Å². The highest BCUT2D eigenvalue weighted by molar-refractivity contribution is 7.91. The monoisotopic (exact) mass is 419 g/mol. The molecular weight excluding hydrogens is 398 g/mol. The largest absolute Gasteiger partial charge is 0.347 e. The number of nitro groups is 1. The van der Waals surface area contributed by atoms with Crippen LogP contribution in [0.15, 0.2) is 36.7 Å². The van der Waals surface area contributed by atoms with Crippen molar-refractivity contribution in [2.24, 2.45) is 0 Å². The predicted molar refractivity (Wildman–Crippen MR) is 105 cm³/mol. The molecule has 154 valence electrons. The maximum Gasteiger partial charge on any atom is 0.269 e. The first-order valence-electron chi connectivity index (χ1n) is 9.37. The fraction of sp³-hybridized carbons (Fsp3) is 0.444. The number of rotatable bonds is 5. The zero-order chi connectivity index (χ0) is 20.6. The number of nitrogens with one attached hydrogen (secondary N) is 1. The highest BCUT2D eigenvalue weighted by Gasteiger charge is 2.42. The van der Waals surface area contributed by atoms with Gasteiger partial charge in [0.1, 0.15) is 0 Å². The van der Waals surface area contributed by atoms with Crippen molar-refractivity contribution in [3.8, 4) is 5.69 Å². The van der Waals surface area contributed by atoms with Gasteiger partial charge in [-0.3, -0.25) is 19.8 Å². The lowest BCUT2D eigenvalue weighted by Crippen LogP contribution is -2.50. The van der Waals surface area contributed by atoms with E-state index >= 15 is 0 Å². The van der Waals surface area contributed by atoms with Crippen LogP contribution in [0.25, 0.3) is 5.69 Å². The Bertz CT molecular complexity index is 1030. The zero-order valence-electron chi connectivity index (χ0n) is 15.6. The number of sulfone groups is 1. The summed E-state index contributed by atoms with van der Waals surface area (Å²) >= 11 is 0. The standard InChI is InChI=1S/C18H21N5O5S/c24-18(20-16-11-29(27,28)12-17(16)21-7-1-2-8-21)13-9-19-22(10-13)14-3-5-15(6-4-14)23(25)26/h3-6,9-10,16-17H,1-2,7-8,11-12H2,(H,20,24). The summed E-state index contributed by atoms with van der Waals surface area (Å²) in [6.45, 7) is 1.70. The van der Waals surface area contributed by atoms with Gasteiger partial charge < -0.3 is 5.32 Å². The van der Waals surface area contributed by atoms with Crippen LogP contribution in [0.5, 0.6) is 0 Å². The van der Waals surface area contributed by atoms with E-state index in [1.54, 1.807) is 12.1 Å². The van der Waals surface area contributed by atoms with Crippen molar-refractivity contribution in [3.63, 3.8) is 0 Å². The Morgan fingerprint density at radius 2 is 1.86 bits per heavy atom. The highest BCUT2D eigenvalue weighted by Crippen LogP contribution is 2.23. The van der Waals surface area contributed by atoms with Crippen molar-refractivity contribution in [3.05, 3.63) is 52.3 Å². The first kappa shape index (κ1) is 19.5. The molecule has 2 aromatic rings. The van der Waals surface area contributed by atoms with Crippen LogP contribution >= 0.6 is 0 Å². The van der Waals surface area contributed by atoms with E-state index < -0.39 is 20.8 Å². The molecule has 2 saturated heterocycles. The number of likely N-dealkylation sites (tertiary alicyclic amines) is 1. The SMILES string of the molecule is O=C(NC1CS(=O)(=O)CC1N1CCCC1)c1cnn(-c2ccc([N+](=O)[O-])cc2)c1. The van der Waals surface area contributed by atoms with Gasteiger partial charge >= 0.3 is 0 Å². The van der Waals surface area contributed by atoms with E-state index in [1.165, 1.54) is 29.2 Å². The molecule has 2 fully saturated rings. The van der Waals surface area contributed by atoms with Gasteiger partial charge in [0.25, 0.3) is 11.6 Å². The minimum atomic E-state index is -3.19. The molecule has 11 heteroatoms. The smallest absolute Gasteiger partial charge is 0.269 e. The summed E-state index contributed by atoms with van der Waals surface area (Å²) in [6, 6.07) is 5.16. The highest BCUT2D eigenvalue weighted by atomic mass is 32.2. The first-order chi connectivity index (χ1) is 13.8. The van der Waals surface area contributed by atoms with E-state index in [0.717, 1.165) is 25.9 Å². The molecule has 29 heavy (non-hydrogen) atoms.